The van der Waals surface area contributed by atoms with Gasteiger partial charge in [-0.15, -0.1) is 0 Å². The molecule has 2 aliphatic rings. The van der Waals surface area contributed by atoms with Gasteiger partial charge in [0.1, 0.15) is 11.9 Å². The molecule has 0 bridgehead atoms. The van der Waals surface area contributed by atoms with Crippen molar-refractivity contribution in [3.8, 4) is 5.75 Å². The van der Waals surface area contributed by atoms with Crippen molar-refractivity contribution in [2.45, 2.75) is 93.5 Å². The van der Waals surface area contributed by atoms with Gasteiger partial charge < -0.3 is 4.74 Å². The van der Waals surface area contributed by atoms with Crippen LogP contribution in [0.3, 0.4) is 0 Å². The van der Waals surface area contributed by atoms with Crippen LogP contribution in [0.15, 0.2) is 18.2 Å². The fraction of sp³-hybridized carbons (Fsp3) is 0.714. The van der Waals surface area contributed by atoms with Gasteiger partial charge in [0.05, 0.1) is 0 Å². The van der Waals surface area contributed by atoms with E-state index >= 15 is 0 Å². The average Bonchev–Trinajstić information content (AvgIpc) is 2.91. The highest BCUT2D eigenvalue weighted by molar-refractivity contribution is 14.1. The molecule has 128 valence electrons. The Labute approximate surface area is 155 Å². The number of unbranched alkanes of at least 4 members (excludes halogenated alkanes) is 3. The molecule has 1 aromatic carbocycles. The standard InChI is InChI=1S/C21H31IO/c1-4-5-6-7-13-21(2,3)15-11-12-16-17-9-8-10-18(22)20(17)23-19(16)14-15/h11-12,14,17-18,20H,4-10,13H2,1-3H3. The van der Waals surface area contributed by atoms with Crippen LogP contribution < -0.4 is 4.74 Å². The Morgan fingerprint density at radius 1 is 1.17 bits per heavy atom. The van der Waals surface area contributed by atoms with Gasteiger partial charge in [0.2, 0.25) is 0 Å². The lowest BCUT2D eigenvalue weighted by atomic mass is 9.78. The molecule has 2 heteroatoms. The smallest absolute Gasteiger partial charge is 0.123 e. The maximum atomic E-state index is 6.39. The molecule has 3 atom stereocenters. The molecular formula is C21H31IO. The number of benzene rings is 1. The van der Waals surface area contributed by atoms with Gasteiger partial charge in [-0.2, -0.15) is 0 Å². The fourth-order valence-corrected chi connectivity index (χ4v) is 5.34. The number of ether oxygens (including phenoxy) is 1. The van der Waals surface area contributed by atoms with E-state index in [1.165, 1.54) is 68.2 Å². The Kier molecular flexibility index (Phi) is 5.60. The van der Waals surface area contributed by atoms with E-state index in [9.17, 15) is 0 Å². The molecule has 1 saturated carbocycles. The third-order valence-electron chi connectivity index (χ3n) is 5.86. The summed E-state index contributed by atoms with van der Waals surface area (Å²) < 4.78 is 7.07. The quantitative estimate of drug-likeness (QED) is 0.277. The van der Waals surface area contributed by atoms with Crippen LogP contribution in [0.5, 0.6) is 5.75 Å². The van der Waals surface area contributed by atoms with E-state index in [0.717, 1.165) is 0 Å². The van der Waals surface area contributed by atoms with Crippen molar-refractivity contribution < 1.29 is 4.74 Å². The van der Waals surface area contributed by atoms with Crippen LogP contribution in [-0.4, -0.2) is 10.0 Å². The number of rotatable bonds is 6. The van der Waals surface area contributed by atoms with E-state index in [1.54, 1.807) is 0 Å². The van der Waals surface area contributed by atoms with Gasteiger partial charge in [-0.3, -0.25) is 0 Å². The molecule has 0 saturated heterocycles. The lowest BCUT2D eigenvalue weighted by Gasteiger charge is -2.28. The van der Waals surface area contributed by atoms with Crippen molar-refractivity contribution in [2.24, 2.45) is 0 Å². The third-order valence-corrected chi connectivity index (χ3v) is 7.19. The topological polar surface area (TPSA) is 9.23 Å². The van der Waals surface area contributed by atoms with E-state index in [1.807, 2.05) is 0 Å². The normalized spacial score (nSPS) is 26.5. The van der Waals surface area contributed by atoms with E-state index in [0.29, 0.717) is 15.9 Å². The molecule has 1 aromatic rings. The van der Waals surface area contributed by atoms with Crippen LogP contribution >= 0.6 is 22.6 Å². The summed E-state index contributed by atoms with van der Waals surface area (Å²) in [6.07, 6.45) is 11.0. The minimum absolute atomic E-state index is 0.254. The number of fused-ring (bicyclic) bond motifs is 3. The van der Waals surface area contributed by atoms with Gasteiger partial charge >= 0.3 is 0 Å². The summed E-state index contributed by atoms with van der Waals surface area (Å²) in [5.74, 6) is 1.82. The lowest BCUT2D eigenvalue weighted by Crippen LogP contribution is -2.32. The minimum atomic E-state index is 0.254. The Morgan fingerprint density at radius 2 is 2.00 bits per heavy atom. The van der Waals surface area contributed by atoms with Crippen LogP contribution in [0.4, 0.5) is 0 Å². The first-order valence-corrected chi connectivity index (χ1v) is 10.7. The summed E-state index contributed by atoms with van der Waals surface area (Å²) in [6, 6.07) is 7.11. The molecule has 3 unspecified atom stereocenters. The molecule has 0 aromatic heterocycles. The Bertz CT molecular complexity index is 537. The highest BCUT2D eigenvalue weighted by Gasteiger charge is 2.41. The zero-order valence-electron chi connectivity index (χ0n) is 14.9. The van der Waals surface area contributed by atoms with Gasteiger partial charge in [-0.1, -0.05) is 87.6 Å². The first-order chi connectivity index (χ1) is 11.0. The van der Waals surface area contributed by atoms with Gasteiger partial charge in [0.15, 0.2) is 0 Å². The molecule has 0 amide bonds. The van der Waals surface area contributed by atoms with Gasteiger partial charge in [0, 0.05) is 15.4 Å². The van der Waals surface area contributed by atoms with Crippen LogP contribution in [0.2, 0.25) is 0 Å². The van der Waals surface area contributed by atoms with E-state index < -0.39 is 0 Å². The number of alkyl halides is 1. The molecule has 1 aliphatic carbocycles. The van der Waals surface area contributed by atoms with Crippen molar-refractivity contribution in [1.29, 1.82) is 0 Å². The molecule has 0 N–H and O–H groups in total. The largest absolute Gasteiger partial charge is 0.488 e. The zero-order valence-corrected chi connectivity index (χ0v) is 17.1. The van der Waals surface area contributed by atoms with Crippen LogP contribution in [0.1, 0.15) is 89.2 Å². The van der Waals surface area contributed by atoms with Gasteiger partial charge in [-0.05, 0) is 36.3 Å². The predicted molar refractivity (Wildman–Crippen MR) is 107 cm³/mol. The van der Waals surface area contributed by atoms with Crippen molar-refractivity contribution in [1.82, 2.24) is 0 Å². The molecule has 0 spiro atoms. The number of hydrogen-bond donors (Lipinski definition) is 0. The molecule has 1 heterocycles. The second-order valence-corrected chi connectivity index (χ2v) is 9.68. The van der Waals surface area contributed by atoms with E-state index in [2.05, 4.69) is 61.6 Å². The van der Waals surface area contributed by atoms with Crippen LogP contribution in [0.25, 0.3) is 0 Å². The summed E-state index contributed by atoms with van der Waals surface area (Å²) >= 11 is 2.60. The highest BCUT2D eigenvalue weighted by Crippen LogP contribution is 2.48. The zero-order chi connectivity index (χ0) is 16.4. The van der Waals surface area contributed by atoms with Crippen LogP contribution in [-0.2, 0) is 5.41 Å². The van der Waals surface area contributed by atoms with Crippen molar-refractivity contribution in [3.63, 3.8) is 0 Å². The Morgan fingerprint density at radius 3 is 2.78 bits per heavy atom. The molecule has 1 nitrogen and oxygen atoms in total. The summed E-state index contributed by atoms with van der Waals surface area (Å²) in [6.45, 7) is 7.07. The fourth-order valence-electron chi connectivity index (χ4n) is 4.25. The lowest BCUT2D eigenvalue weighted by molar-refractivity contribution is 0.176. The number of halogens is 1. The van der Waals surface area contributed by atoms with Crippen LogP contribution in [0, 0.1) is 0 Å². The summed E-state index contributed by atoms with van der Waals surface area (Å²) in [5, 5.41) is 0. The highest BCUT2D eigenvalue weighted by atomic mass is 127. The number of hydrogen-bond acceptors (Lipinski definition) is 1. The predicted octanol–water partition coefficient (Wildman–Crippen LogP) is 6.77. The van der Waals surface area contributed by atoms with E-state index in [-0.39, 0.29) is 5.41 Å². The maximum Gasteiger partial charge on any atom is 0.123 e. The molecule has 3 rings (SSSR count). The second-order valence-electron chi connectivity index (χ2n) is 8.08. The molecule has 1 aliphatic heterocycles. The Hall–Kier alpha value is -0.250. The monoisotopic (exact) mass is 426 g/mol. The minimum Gasteiger partial charge on any atom is -0.488 e. The molecule has 0 radical (unpaired) electrons. The van der Waals surface area contributed by atoms with Crippen molar-refractivity contribution in [2.75, 3.05) is 0 Å². The maximum absolute atomic E-state index is 6.39. The summed E-state index contributed by atoms with van der Waals surface area (Å²) in [5.41, 5.74) is 3.18. The SMILES string of the molecule is CCCCCCC(C)(C)c1ccc2c(c1)OC1C(I)CCCC21. The van der Waals surface area contributed by atoms with Gasteiger partial charge in [-0.25, -0.2) is 0 Å². The molecule has 23 heavy (non-hydrogen) atoms. The van der Waals surface area contributed by atoms with Crippen molar-refractivity contribution in [3.05, 3.63) is 29.3 Å². The Balaban J connectivity index is 1.73. The third kappa shape index (κ3) is 3.72. The average molecular weight is 426 g/mol. The molecular weight excluding hydrogens is 395 g/mol. The van der Waals surface area contributed by atoms with Crippen molar-refractivity contribution >= 4 is 22.6 Å². The second kappa shape index (κ2) is 7.33. The molecule has 1 fully saturated rings. The van der Waals surface area contributed by atoms with E-state index in [4.69, 9.17) is 4.74 Å². The first kappa shape index (κ1) is 17.6. The summed E-state index contributed by atoms with van der Waals surface area (Å²) in [7, 11) is 0. The first-order valence-electron chi connectivity index (χ1n) is 9.48. The van der Waals surface area contributed by atoms with Gasteiger partial charge in [0.25, 0.3) is 0 Å². The summed E-state index contributed by atoms with van der Waals surface area (Å²) in [4.78, 5) is 0.